The minimum Gasteiger partial charge on any atom is -0.383 e. The predicted octanol–water partition coefficient (Wildman–Crippen LogP) is 1.02. The molecule has 0 radical (unpaired) electrons. The summed E-state index contributed by atoms with van der Waals surface area (Å²) < 4.78 is 4.86. The molecule has 0 aromatic heterocycles. The zero-order valence-electron chi connectivity index (χ0n) is 11.3. The lowest BCUT2D eigenvalue weighted by Crippen LogP contribution is -2.33. The third kappa shape index (κ3) is 6.01. The molecule has 2 amide bonds. The minimum atomic E-state index is -0.304. The molecule has 0 saturated carbocycles. The Morgan fingerprint density at radius 1 is 1.26 bits per heavy atom. The minimum absolute atomic E-state index is 0.111. The zero-order chi connectivity index (χ0) is 14.1. The molecular formula is C14H20N2O3. The van der Waals surface area contributed by atoms with Gasteiger partial charge in [-0.3, -0.25) is 9.59 Å². The van der Waals surface area contributed by atoms with Crippen molar-refractivity contribution in [2.45, 2.75) is 19.4 Å². The molecule has 2 N–H and O–H groups in total. The van der Waals surface area contributed by atoms with E-state index < -0.39 is 0 Å². The Kier molecular flexibility index (Phi) is 6.60. The summed E-state index contributed by atoms with van der Waals surface area (Å²) in [7, 11) is 1.58. The molecule has 1 aromatic rings. The van der Waals surface area contributed by atoms with Crippen LogP contribution in [0.15, 0.2) is 30.3 Å². The van der Waals surface area contributed by atoms with Crippen molar-refractivity contribution in [3.63, 3.8) is 0 Å². The quantitative estimate of drug-likeness (QED) is 0.722. The lowest BCUT2D eigenvalue weighted by atomic mass is 10.0. The molecule has 1 unspecified atom stereocenters. The van der Waals surface area contributed by atoms with Crippen LogP contribution in [0.25, 0.3) is 0 Å². The fraction of sp³-hybridized carbons (Fsp3) is 0.429. The Morgan fingerprint density at radius 2 is 1.95 bits per heavy atom. The van der Waals surface area contributed by atoms with Gasteiger partial charge in [0.15, 0.2) is 0 Å². The Bertz CT molecular complexity index is 406. The van der Waals surface area contributed by atoms with E-state index in [4.69, 9.17) is 4.74 Å². The van der Waals surface area contributed by atoms with Crippen molar-refractivity contribution < 1.29 is 14.3 Å². The Morgan fingerprint density at radius 3 is 2.53 bits per heavy atom. The summed E-state index contributed by atoms with van der Waals surface area (Å²) in [5.41, 5.74) is 0.916. The van der Waals surface area contributed by atoms with Crippen molar-refractivity contribution >= 4 is 11.8 Å². The number of nitrogens with one attached hydrogen (secondary N) is 2. The maximum atomic E-state index is 11.8. The molecule has 5 nitrogen and oxygen atoms in total. The molecule has 0 heterocycles. The van der Waals surface area contributed by atoms with E-state index in [1.54, 1.807) is 7.11 Å². The van der Waals surface area contributed by atoms with Gasteiger partial charge in [0.1, 0.15) is 0 Å². The van der Waals surface area contributed by atoms with Crippen LogP contribution in [0.4, 0.5) is 0 Å². The molecule has 104 valence electrons. The number of methoxy groups -OCH3 is 1. The molecule has 0 aliphatic carbocycles. The SMILES string of the molecule is COCCNC(=O)CC(NC(C)=O)c1ccccc1. The summed E-state index contributed by atoms with van der Waals surface area (Å²) in [6.45, 7) is 2.39. The van der Waals surface area contributed by atoms with E-state index in [0.717, 1.165) is 5.56 Å². The van der Waals surface area contributed by atoms with E-state index in [1.807, 2.05) is 30.3 Å². The van der Waals surface area contributed by atoms with Gasteiger partial charge in [-0.2, -0.15) is 0 Å². The zero-order valence-corrected chi connectivity index (χ0v) is 11.3. The highest BCUT2D eigenvalue weighted by Crippen LogP contribution is 2.16. The van der Waals surface area contributed by atoms with Gasteiger partial charge in [0.25, 0.3) is 0 Å². The molecule has 5 heteroatoms. The number of amides is 2. The summed E-state index contributed by atoms with van der Waals surface area (Å²) in [5.74, 6) is -0.266. The van der Waals surface area contributed by atoms with Gasteiger partial charge >= 0.3 is 0 Å². The fourth-order valence-electron chi connectivity index (χ4n) is 1.73. The van der Waals surface area contributed by atoms with Crippen LogP contribution in [0.1, 0.15) is 24.9 Å². The van der Waals surface area contributed by atoms with Gasteiger partial charge in [-0.15, -0.1) is 0 Å². The second-order valence-electron chi connectivity index (χ2n) is 4.21. The van der Waals surface area contributed by atoms with E-state index in [9.17, 15) is 9.59 Å². The van der Waals surface area contributed by atoms with Crippen LogP contribution in [-0.4, -0.2) is 32.1 Å². The summed E-state index contributed by atoms with van der Waals surface area (Å²) in [6, 6.07) is 9.14. The van der Waals surface area contributed by atoms with Crippen LogP contribution in [0.5, 0.6) is 0 Å². The predicted molar refractivity (Wildman–Crippen MR) is 72.5 cm³/mol. The van der Waals surface area contributed by atoms with E-state index in [0.29, 0.717) is 13.2 Å². The van der Waals surface area contributed by atoms with Crippen LogP contribution >= 0.6 is 0 Å². The van der Waals surface area contributed by atoms with Crippen LogP contribution in [-0.2, 0) is 14.3 Å². The highest BCUT2D eigenvalue weighted by molar-refractivity contribution is 5.79. The third-order valence-electron chi connectivity index (χ3n) is 2.60. The number of hydrogen-bond acceptors (Lipinski definition) is 3. The van der Waals surface area contributed by atoms with Crippen molar-refractivity contribution in [2.75, 3.05) is 20.3 Å². The number of hydrogen-bond donors (Lipinski definition) is 2. The Labute approximate surface area is 113 Å². The van der Waals surface area contributed by atoms with Crippen molar-refractivity contribution in [1.82, 2.24) is 10.6 Å². The first kappa shape index (κ1) is 15.2. The summed E-state index contributed by atoms with van der Waals surface area (Å²) in [5, 5.41) is 5.53. The van der Waals surface area contributed by atoms with E-state index >= 15 is 0 Å². The second kappa shape index (κ2) is 8.26. The maximum Gasteiger partial charge on any atom is 0.222 e. The van der Waals surface area contributed by atoms with Gasteiger partial charge in [-0.25, -0.2) is 0 Å². The number of carbonyl (C=O) groups is 2. The summed E-state index contributed by atoms with van der Waals surface area (Å²) in [4.78, 5) is 23.0. The fourth-order valence-corrected chi connectivity index (χ4v) is 1.73. The molecule has 1 aromatic carbocycles. The maximum absolute atomic E-state index is 11.8. The highest BCUT2D eigenvalue weighted by Gasteiger charge is 2.16. The molecule has 0 aliphatic rings. The monoisotopic (exact) mass is 264 g/mol. The molecule has 0 fully saturated rings. The number of carbonyl (C=O) groups excluding carboxylic acids is 2. The average Bonchev–Trinajstić information content (AvgIpc) is 2.39. The van der Waals surface area contributed by atoms with Gasteiger partial charge in [0.05, 0.1) is 19.1 Å². The Hall–Kier alpha value is -1.88. The van der Waals surface area contributed by atoms with Gasteiger partial charge in [0.2, 0.25) is 11.8 Å². The van der Waals surface area contributed by atoms with Gasteiger partial charge in [-0.1, -0.05) is 30.3 Å². The summed E-state index contributed by atoms with van der Waals surface area (Å²) in [6.07, 6.45) is 0.216. The number of rotatable bonds is 7. The van der Waals surface area contributed by atoms with Crippen molar-refractivity contribution in [2.24, 2.45) is 0 Å². The Balaban J connectivity index is 2.60. The van der Waals surface area contributed by atoms with Crippen LogP contribution in [0.2, 0.25) is 0 Å². The van der Waals surface area contributed by atoms with E-state index in [1.165, 1.54) is 6.92 Å². The van der Waals surface area contributed by atoms with E-state index in [2.05, 4.69) is 10.6 Å². The molecule has 0 bridgehead atoms. The van der Waals surface area contributed by atoms with Crippen LogP contribution in [0, 0.1) is 0 Å². The largest absolute Gasteiger partial charge is 0.383 e. The molecule has 0 spiro atoms. The first-order valence-electron chi connectivity index (χ1n) is 6.21. The van der Waals surface area contributed by atoms with Crippen LogP contribution in [0.3, 0.4) is 0 Å². The molecule has 1 atom stereocenters. The lowest BCUT2D eigenvalue weighted by Gasteiger charge is -2.18. The highest BCUT2D eigenvalue weighted by atomic mass is 16.5. The number of benzene rings is 1. The average molecular weight is 264 g/mol. The van der Waals surface area contributed by atoms with Crippen molar-refractivity contribution in [3.05, 3.63) is 35.9 Å². The van der Waals surface area contributed by atoms with E-state index in [-0.39, 0.29) is 24.3 Å². The normalized spacial score (nSPS) is 11.7. The standard InChI is InChI=1S/C14H20N2O3/c1-11(17)16-13(12-6-4-3-5-7-12)10-14(18)15-8-9-19-2/h3-7,13H,8-10H2,1-2H3,(H,15,18)(H,16,17). The smallest absolute Gasteiger partial charge is 0.222 e. The molecule has 19 heavy (non-hydrogen) atoms. The second-order valence-corrected chi connectivity index (χ2v) is 4.21. The first-order chi connectivity index (χ1) is 9.13. The third-order valence-corrected chi connectivity index (χ3v) is 2.60. The van der Waals surface area contributed by atoms with Crippen LogP contribution < -0.4 is 10.6 Å². The molecular weight excluding hydrogens is 244 g/mol. The first-order valence-corrected chi connectivity index (χ1v) is 6.21. The molecule has 1 rings (SSSR count). The van der Waals surface area contributed by atoms with Gasteiger partial charge in [0, 0.05) is 20.6 Å². The number of ether oxygens (including phenoxy) is 1. The lowest BCUT2D eigenvalue weighted by molar-refractivity contribution is -0.122. The van der Waals surface area contributed by atoms with Crippen molar-refractivity contribution in [3.8, 4) is 0 Å². The van der Waals surface area contributed by atoms with Gasteiger partial charge < -0.3 is 15.4 Å². The van der Waals surface area contributed by atoms with Crippen molar-refractivity contribution in [1.29, 1.82) is 0 Å². The topological polar surface area (TPSA) is 67.4 Å². The summed E-state index contributed by atoms with van der Waals surface area (Å²) >= 11 is 0. The molecule has 0 saturated heterocycles. The van der Waals surface area contributed by atoms with Gasteiger partial charge in [-0.05, 0) is 5.56 Å². The molecule has 0 aliphatic heterocycles.